The lowest BCUT2D eigenvalue weighted by atomic mass is 9.84. The van der Waals surface area contributed by atoms with E-state index in [2.05, 4.69) is 12.9 Å². The molecule has 0 spiro atoms. The molecule has 0 saturated heterocycles. The molecule has 1 nitrogen and oxygen atoms in total. The Hall–Kier alpha value is 0.170. The number of alkyl halides is 2. The molecule has 4 heteroatoms. The van der Waals surface area contributed by atoms with Gasteiger partial charge in [0.15, 0.2) is 0 Å². The van der Waals surface area contributed by atoms with Crippen molar-refractivity contribution in [2.45, 2.75) is 44.6 Å². The minimum Gasteiger partial charge on any atom is -0.315 e. The molecule has 0 aromatic heterocycles. The van der Waals surface area contributed by atoms with Crippen molar-refractivity contribution in [2.75, 3.05) is 0 Å². The molecule has 0 aliphatic heterocycles. The van der Waals surface area contributed by atoms with E-state index in [1.807, 2.05) is 0 Å². The third kappa shape index (κ3) is 2.59. The van der Waals surface area contributed by atoms with Crippen molar-refractivity contribution in [2.24, 2.45) is 5.92 Å². The summed E-state index contributed by atoms with van der Waals surface area (Å²) in [6.45, 7) is 1.000. The van der Waals surface area contributed by atoms with E-state index >= 15 is 0 Å². The van der Waals surface area contributed by atoms with E-state index < -0.39 is 11.8 Å². The first-order valence-corrected chi connectivity index (χ1v) is 4.58. The molecule has 72 valence electrons. The van der Waals surface area contributed by atoms with Crippen LogP contribution < -0.4 is 0 Å². The minimum absolute atomic E-state index is 0.0759. The molecule has 12 heavy (non-hydrogen) atoms. The van der Waals surface area contributed by atoms with Crippen molar-refractivity contribution in [3.63, 3.8) is 0 Å². The third-order valence-electron chi connectivity index (χ3n) is 2.54. The molecule has 1 fully saturated rings. The summed E-state index contributed by atoms with van der Waals surface area (Å²) in [7, 11) is 0. The first-order chi connectivity index (χ1) is 5.54. The highest BCUT2D eigenvalue weighted by Gasteiger charge is 2.36. The number of thiol groups is 1. The van der Waals surface area contributed by atoms with Gasteiger partial charge in [-0.1, -0.05) is 0 Å². The van der Waals surface area contributed by atoms with Crippen molar-refractivity contribution >= 4 is 12.9 Å². The van der Waals surface area contributed by atoms with Crippen LogP contribution in [0.3, 0.4) is 0 Å². The summed E-state index contributed by atoms with van der Waals surface area (Å²) in [4.78, 5) is 0. The van der Waals surface area contributed by atoms with Crippen LogP contribution in [0.5, 0.6) is 0 Å². The molecule has 0 aromatic rings. The van der Waals surface area contributed by atoms with E-state index in [1.165, 1.54) is 0 Å². The highest BCUT2D eigenvalue weighted by molar-refractivity contribution is 7.75. The van der Waals surface area contributed by atoms with Gasteiger partial charge in [0.1, 0.15) is 0 Å². The summed E-state index contributed by atoms with van der Waals surface area (Å²) in [6.07, 6.45) is 2.59. The lowest BCUT2D eigenvalue weighted by Crippen LogP contribution is -2.30. The Morgan fingerprint density at radius 3 is 2.08 bits per heavy atom. The Morgan fingerprint density at radius 1 is 1.25 bits per heavy atom. The number of halogens is 2. The minimum atomic E-state index is -2.53. The summed E-state index contributed by atoms with van der Waals surface area (Å²) < 4.78 is 30.4. The third-order valence-corrected chi connectivity index (χ3v) is 2.84. The number of rotatable bonds is 2. The van der Waals surface area contributed by atoms with Gasteiger partial charge in [0.05, 0.1) is 6.10 Å². The molecule has 1 aliphatic rings. The van der Waals surface area contributed by atoms with Crippen LogP contribution in [0.15, 0.2) is 0 Å². The first kappa shape index (κ1) is 10.3. The highest BCUT2D eigenvalue weighted by atomic mass is 32.1. The van der Waals surface area contributed by atoms with Crippen molar-refractivity contribution in [1.29, 1.82) is 0 Å². The molecule has 0 N–H and O–H groups in total. The molecule has 0 amide bonds. The Labute approximate surface area is 77.1 Å². The van der Waals surface area contributed by atoms with Gasteiger partial charge in [0.25, 0.3) is 0 Å². The SMILES string of the molecule is CC(F)(F)C1CCC(OS)CC1. The van der Waals surface area contributed by atoms with Crippen molar-refractivity contribution in [3.8, 4) is 0 Å². The Balaban J connectivity index is 2.36. The van der Waals surface area contributed by atoms with Crippen molar-refractivity contribution in [3.05, 3.63) is 0 Å². The second-order valence-corrected chi connectivity index (χ2v) is 3.75. The Kier molecular flexibility index (Phi) is 3.35. The number of hydrogen-bond donors (Lipinski definition) is 1. The zero-order chi connectivity index (χ0) is 9.19. The number of hydrogen-bond acceptors (Lipinski definition) is 2. The lowest BCUT2D eigenvalue weighted by molar-refractivity contribution is -0.0617. The van der Waals surface area contributed by atoms with Crippen LogP contribution >= 0.6 is 12.9 Å². The summed E-state index contributed by atoms with van der Waals surface area (Å²) in [5.41, 5.74) is 0. The molecule has 1 saturated carbocycles. The molecule has 0 atom stereocenters. The fraction of sp³-hybridized carbons (Fsp3) is 1.00. The van der Waals surface area contributed by atoms with Crippen molar-refractivity contribution in [1.82, 2.24) is 0 Å². The topological polar surface area (TPSA) is 9.23 Å². The molecule has 0 radical (unpaired) electrons. The van der Waals surface area contributed by atoms with Crippen molar-refractivity contribution < 1.29 is 13.0 Å². The summed E-state index contributed by atoms with van der Waals surface area (Å²) in [6, 6.07) is 0. The van der Waals surface area contributed by atoms with Crippen LogP contribution in [0.25, 0.3) is 0 Å². The Bertz CT molecular complexity index is 138. The standard InChI is InChI=1S/C8H14F2OS/c1-8(9,10)6-2-4-7(11-12)5-3-6/h6-7,12H,2-5H2,1H3. The normalized spacial score (nSPS) is 32.0. The van der Waals surface area contributed by atoms with Crippen LogP contribution in [-0.2, 0) is 4.18 Å². The maximum atomic E-state index is 12.8. The Morgan fingerprint density at radius 2 is 1.75 bits per heavy atom. The fourth-order valence-corrected chi connectivity index (χ4v) is 1.89. The molecular formula is C8H14F2OS. The van der Waals surface area contributed by atoms with Gasteiger partial charge in [-0.3, -0.25) is 0 Å². The largest absolute Gasteiger partial charge is 0.315 e. The predicted molar refractivity (Wildman–Crippen MR) is 46.4 cm³/mol. The smallest absolute Gasteiger partial charge is 0.248 e. The molecule has 0 heterocycles. The maximum Gasteiger partial charge on any atom is 0.248 e. The average Bonchev–Trinajstić information content (AvgIpc) is 2.03. The summed E-state index contributed by atoms with van der Waals surface area (Å²) in [5, 5.41) is 0. The van der Waals surface area contributed by atoms with E-state index in [1.54, 1.807) is 0 Å². The highest BCUT2D eigenvalue weighted by Crippen LogP contribution is 2.37. The zero-order valence-electron chi connectivity index (χ0n) is 7.09. The molecule has 1 rings (SSSR count). The van der Waals surface area contributed by atoms with Gasteiger partial charge in [-0.25, -0.2) is 8.78 Å². The van der Waals surface area contributed by atoms with E-state index in [0.29, 0.717) is 25.7 Å². The van der Waals surface area contributed by atoms with Crippen LogP contribution in [-0.4, -0.2) is 12.0 Å². The van der Waals surface area contributed by atoms with Gasteiger partial charge in [0, 0.05) is 5.92 Å². The van der Waals surface area contributed by atoms with Gasteiger partial charge in [-0.15, -0.1) is 0 Å². The van der Waals surface area contributed by atoms with Crippen LogP contribution in [0.2, 0.25) is 0 Å². The van der Waals surface area contributed by atoms with Gasteiger partial charge in [-0.2, -0.15) is 0 Å². The fourth-order valence-electron chi connectivity index (χ4n) is 1.68. The van der Waals surface area contributed by atoms with E-state index in [0.717, 1.165) is 6.92 Å². The molecule has 1 aliphatic carbocycles. The van der Waals surface area contributed by atoms with Gasteiger partial charge in [-0.05, 0) is 45.5 Å². The molecule has 0 unspecified atom stereocenters. The maximum absolute atomic E-state index is 12.8. The van der Waals surface area contributed by atoms with E-state index in [4.69, 9.17) is 4.18 Å². The average molecular weight is 196 g/mol. The molecule has 0 aromatic carbocycles. The monoisotopic (exact) mass is 196 g/mol. The second kappa shape index (κ2) is 3.92. The van der Waals surface area contributed by atoms with Crippen LogP contribution in [0.1, 0.15) is 32.6 Å². The van der Waals surface area contributed by atoms with Crippen LogP contribution in [0, 0.1) is 5.92 Å². The van der Waals surface area contributed by atoms with Gasteiger partial charge < -0.3 is 4.18 Å². The summed E-state index contributed by atoms with van der Waals surface area (Å²) >= 11 is 3.68. The second-order valence-electron chi connectivity index (χ2n) is 3.54. The van der Waals surface area contributed by atoms with Gasteiger partial charge in [0.2, 0.25) is 5.92 Å². The lowest BCUT2D eigenvalue weighted by Gasteiger charge is -2.30. The van der Waals surface area contributed by atoms with E-state index in [-0.39, 0.29) is 6.10 Å². The predicted octanol–water partition coefficient (Wildman–Crippen LogP) is 3.06. The quantitative estimate of drug-likeness (QED) is 0.527. The molecular weight excluding hydrogens is 182 g/mol. The zero-order valence-corrected chi connectivity index (χ0v) is 7.99. The molecule has 0 bridgehead atoms. The summed E-state index contributed by atoms with van der Waals surface area (Å²) in [5.74, 6) is -2.99. The van der Waals surface area contributed by atoms with Gasteiger partial charge >= 0.3 is 0 Å². The van der Waals surface area contributed by atoms with Crippen LogP contribution in [0.4, 0.5) is 8.78 Å². The first-order valence-electron chi connectivity index (χ1n) is 4.22. The van der Waals surface area contributed by atoms with E-state index in [9.17, 15) is 8.78 Å².